The monoisotopic (exact) mass is 215 g/mol. The van der Waals surface area contributed by atoms with Crippen LogP contribution >= 0.6 is 0 Å². The molecule has 0 aliphatic carbocycles. The standard InChI is InChI=1S/C10H21N3O2/c1-8(6-13(2)3)12-10(14)9-7-15-5-4-11-9/h8-9,11H,4-7H2,1-3H3,(H,12,14). The molecule has 0 saturated carbocycles. The molecule has 88 valence electrons. The molecule has 1 aliphatic heterocycles. The van der Waals surface area contributed by atoms with Crippen LogP contribution in [0.3, 0.4) is 0 Å². The summed E-state index contributed by atoms with van der Waals surface area (Å²) >= 11 is 0. The molecule has 1 amide bonds. The summed E-state index contributed by atoms with van der Waals surface area (Å²) < 4.78 is 5.23. The summed E-state index contributed by atoms with van der Waals surface area (Å²) in [7, 11) is 3.98. The predicted octanol–water partition coefficient (Wildman–Crippen LogP) is -0.959. The number of hydrogen-bond donors (Lipinski definition) is 2. The molecule has 1 aliphatic rings. The molecule has 5 nitrogen and oxygen atoms in total. The van der Waals surface area contributed by atoms with Gasteiger partial charge in [-0.2, -0.15) is 0 Å². The fraction of sp³-hybridized carbons (Fsp3) is 0.900. The summed E-state index contributed by atoms with van der Waals surface area (Å²) in [4.78, 5) is 13.8. The fourth-order valence-corrected chi connectivity index (χ4v) is 1.67. The van der Waals surface area contributed by atoms with Crippen molar-refractivity contribution in [2.45, 2.75) is 19.0 Å². The highest BCUT2D eigenvalue weighted by Crippen LogP contribution is 1.94. The molecule has 1 heterocycles. The maximum atomic E-state index is 11.7. The van der Waals surface area contributed by atoms with Crippen LogP contribution in [0, 0.1) is 0 Å². The number of nitrogens with one attached hydrogen (secondary N) is 2. The first-order chi connectivity index (χ1) is 7.09. The van der Waals surface area contributed by atoms with Gasteiger partial charge in [0.05, 0.1) is 13.2 Å². The van der Waals surface area contributed by atoms with Gasteiger partial charge in [0.1, 0.15) is 6.04 Å². The van der Waals surface area contributed by atoms with E-state index in [0.29, 0.717) is 13.2 Å². The Labute approximate surface area is 91.2 Å². The molecule has 2 atom stereocenters. The number of hydrogen-bond acceptors (Lipinski definition) is 4. The van der Waals surface area contributed by atoms with E-state index in [1.54, 1.807) is 0 Å². The van der Waals surface area contributed by atoms with Crippen molar-refractivity contribution in [3.63, 3.8) is 0 Å². The average Bonchev–Trinajstić information content (AvgIpc) is 2.17. The second-order valence-corrected chi connectivity index (χ2v) is 4.25. The van der Waals surface area contributed by atoms with Gasteiger partial charge in [-0.05, 0) is 21.0 Å². The average molecular weight is 215 g/mol. The summed E-state index contributed by atoms with van der Waals surface area (Å²) in [6.07, 6.45) is 0. The zero-order valence-electron chi connectivity index (χ0n) is 9.75. The van der Waals surface area contributed by atoms with Gasteiger partial charge in [-0.3, -0.25) is 4.79 Å². The van der Waals surface area contributed by atoms with Crippen LogP contribution in [0.5, 0.6) is 0 Å². The molecule has 1 saturated heterocycles. The molecular formula is C10H21N3O2. The van der Waals surface area contributed by atoms with E-state index in [9.17, 15) is 4.79 Å². The first-order valence-corrected chi connectivity index (χ1v) is 5.36. The van der Waals surface area contributed by atoms with Crippen molar-refractivity contribution in [1.82, 2.24) is 15.5 Å². The first kappa shape index (κ1) is 12.4. The maximum Gasteiger partial charge on any atom is 0.239 e. The van der Waals surface area contributed by atoms with E-state index in [4.69, 9.17) is 4.74 Å². The summed E-state index contributed by atoms with van der Waals surface area (Å²) in [5.41, 5.74) is 0. The number of likely N-dealkylation sites (N-methyl/N-ethyl adjacent to an activating group) is 1. The number of carbonyl (C=O) groups is 1. The molecule has 15 heavy (non-hydrogen) atoms. The minimum atomic E-state index is -0.191. The van der Waals surface area contributed by atoms with Gasteiger partial charge in [0, 0.05) is 19.1 Å². The Bertz CT molecular complexity index is 203. The van der Waals surface area contributed by atoms with Gasteiger partial charge >= 0.3 is 0 Å². The van der Waals surface area contributed by atoms with Crippen molar-refractivity contribution in [2.75, 3.05) is 40.4 Å². The van der Waals surface area contributed by atoms with E-state index < -0.39 is 0 Å². The van der Waals surface area contributed by atoms with Crippen LogP contribution < -0.4 is 10.6 Å². The summed E-state index contributed by atoms with van der Waals surface area (Å²) in [6, 6.07) is -0.0282. The lowest BCUT2D eigenvalue weighted by atomic mass is 10.2. The summed E-state index contributed by atoms with van der Waals surface area (Å²) in [5, 5.41) is 6.08. The van der Waals surface area contributed by atoms with Crippen molar-refractivity contribution in [3.05, 3.63) is 0 Å². The predicted molar refractivity (Wildman–Crippen MR) is 58.8 cm³/mol. The second-order valence-electron chi connectivity index (χ2n) is 4.25. The Morgan fingerprint density at radius 1 is 1.67 bits per heavy atom. The normalized spacial score (nSPS) is 23.9. The molecule has 1 fully saturated rings. The summed E-state index contributed by atoms with van der Waals surface area (Å²) in [6.45, 7) is 4.76. The Hall–Kier alpha value is -0.650. The number of ether oxygens (including phenoxy) is 1. The molecule has 2 unspecified atom stereocenters. The van der Waals surface area contributed by atoms with Crippen molar-refractivity contribution >= 4 is 5.91 Å². The van der Waals surface area contributed by atoms with Crippen LogP contribution in [0.25, 0.3) is 0 Å². The lowest BCUT2D eigenvalue weighted by Crippen LogP contribution is -2.54. The molecule has 0 aromatic rings. The third kappa shape index (κ3) is 4.59. The van der Waals surface area contributed by atoms with E-state index in [2.05, 4.69) is 15.5 Å². The van der Waals surface area contributed by atoms with Gasteiger partial charge in [0.15, 0.2) is 0 Å². The summed E-state index contributed by atoms with van der Waals surface area (Å²) in [5.74, 6) is 0.0315. The van der Waals surface area contributed by atoms with Gasteiger partial charge in [-0.25, -0.2) is 0 Å². The SMILES string of the molecule is CC(CN(C)C)NC(=O)C1COCCN1. The topological polar surface area (TPSA) is 53.6 Å². The Morgan fingerprint density at radius 3 is 2.93 bits per heavy atom. The van der Waals surface area contributed by atoms with Gasteiger partial charge in [-0.15, -0.1) is 0 Å². The van der Waals surface area contributed by atoms with Crippen LogP contribution in [0.4, 0.5) is 0 Å². The third-order valence-corrected chi connectivity index (χ3v) is 2.27. The van der Waals surface area contributed by atoms with Crippen molar-refractivity contribution in [2.24, 2.45) is 0 Å². The molecular weight excluding hydrogens is 194 g/mol. The molecule has 0 aromatic carbocycles. The number of rotatable bonds is 4. The Morgan fingerprint density at radius 2 is 2.40 bits per heavy atom. The molecule has 5 heteroatoms. The second kappa shape index (κ2) is 6.05. The van der Waals surface area contributed by atoms with E-state index in [1.807, 2.05) is 21.0 Å². The van der Waals surface area contributed by atoms with Gasteiger partial charge in [0.25, 0.3) is 0 Å². The zero-order valence-corrected chi connectivity index (χ0v) is 9.75. The highest BCUT2D eigenvalue weighted by atomic mass is 16.5. The van der Waals surface area contributed by atoms with Crippen molar-refractivity contribution in [1.29, 1.82) is 0 Å². The smallest absolute Gasteiger partial charge is 0.239 e. The van der Waals surface area contributed by atoms with E-state index in [0.717, 1.165) is 13.1 Å². The largest absolute Gasteiger partial charge is 0.378 e. The van der Waals surface area contributed by atoms with Crippen molar-refractivity contribution in [3.8, 4) is 0 Å². The Kier molecular flexibility index (Phi) is 5.01. The van der Waals surface area contributed by atoms with Gasteiger partial charge in [-0.1, -0.05) is 0 Å². The maximum absolute atomic E-state index is 11.7. The van der Waals surface area contributed by atoms with Crippen molar-refractivity contribution < 1.29 is 9.53 Å². The number of amides is 1. The quantitative estimate of drug-likeness (QED) is 0.634. The van der Waals surface area contributed by atoms with E-state index >= 15 is 0 Å². The first-order valence-electron chi connectivity index (χ1n) is 5.36. The molecule has 2 N–H and O–H groups in total. The minimum absolute atomic E-state index is 0.0315. The van der Waals surface area contributed by atoms with E-state index in [-0.39, 0.29) is 18.0 Å². The number of carbonyl (C=O) groups excluding carboxylic acids is 1. The highest BCUT2D eigenvalue weighted by molar-refractivity contribution is 5.82. The third-order valence-electron chi connectivity index (χ3n) is 2.27. The van der Waals surface area contributed by atoms with Crippen LogP contribution in [-0.4, -0.2) is 63.3 Å². The lowest BCUT2D eigenvalue weighted by Gasteiger charge is -2.25. The molecule has 0 bridgehead atoms. The number of nitrogens with zero attached hydrogens (tertiary/aromatic N) is 1. The van der Waals surface area contributed by atoms with E-state index in [1.165, 1.54) is 0 Å². The highest BCUT2D eigenvalue weighted by Gasteiger charge is 2.22. The van der Waals surface area contributed by atoms with Gasteiger partial charge in [0.2, 0.25) is 5.91 Å². The fourth-order valence-electron chi connectivity index (χ4n) is 1.67. The van der Waals surface area contributed by atoms with Crippen LogP contribution in [0.2, 0.25) is 0 Å². The molecule has 0 aromatic heterocycles. The zero-order chi connectivity index (χ0) is 11.3. The molecule has 0 spiro atoms. The van der Waals surface area contributed by atoms with Crippen LogP contribution in [0.1, 0.15) is 6.92 Å². The van der Waals surface area contributed by atoms with Crippen LogP contribution in [-0.2, 0) is 9.53 Å². The molecule has 1 rings (SSSR count). The number of morpholine rings is 1. The Balaban J connectivity index is 2.27. The van der Waals surface area contributed by atoms with Gasteiger partial charge < -0.3 is 20.3 Å². The lowest BCUT2D eigenvalue weighted by molar-refractivity contribution is -0.126. The molecule has 0 radical (unpaired) electrons. The van der Waals surface area contributed by atoms with Crippen LogP contribution in [0.15, 0.2) is 0 Å². The minimum Gasteiger partial charge on any atom is -0.378 e.